The van der Waals surface area contributed by atoms with Crippen LogP contribution in [-0.4, -0.2) is 17.4 Å². The Morgan fingerprint density at radius 2 is 2.14 bits per heavy atom. The molecule has 0 saturated heterocycles. The van der Waals surface area contributed by atoms with E-state index in [2.05, 4.69) is 15.6 Å². The van der Waals surface area contributed by atoms with Gasteiger partial charge < -0.3 is 10.6 Å². The lowest BCUT2D eigenvalue weighted by Gasteiger charge is -2.08. The Bertz CT molecular complexity index is 628. The fourth-order valence-corrected chi connectivity index (χ4v) is 1.97. The number of hydrogen-bond donors (Lipinski definition) is 2. The van der Waals surface area contributed by atoms with E-state index >= 15 is 0 Å². The van der Waals surface area contributed by atoms with Crippen LogP contribution in [0.3, 0.4) is 0 Å². The van der Waals surface area contributed by atoms with Crippen LogP contribution >= 0.6 is 11.6 Å². The van der Waals surface area contributed by atoms with Crippen LogP contribution in [0.5, 0.6) is 0 Å². The van der Waals surface area contributed by atoms with Gasteiger partial charge in [-0.25, -0.2) is 9.37 Å². The molecule has 0 aliphatic heterocycles. The third-order valence-electron chi connectivity index (χ3n) is 2.70. The van der Waals surface area contributed by atoms with Gasteiger partial charge in [0.25, 0.3) is 5.91 Å². The minimum Gasteiger partial charge on any atom is -0.370 e. The van der Waals surface area contributed by atoms with Crippen molar-refractivity contribution in [2.75, 3.05) is 17.2 Å². The molecule has 0 unspecified atom stereocenters. The number of benzene rings is 1. The zero-order valence-corrected chi connectivity index (χ0v) is 12.2. The van der Waals surface area contributed by atoms with Crippen molar-refractivity contribution in [2.24, 2.45) is 0 Å². The highest BCUT2D eigenvalue weighted by atomic mass is 35.5. The fraction of sp³-hybridized carbons (Fsp3) is 0.200. The van der Waals surface area contributed by atoms with E-state index in [0.717, 1.165) is 13.0 Å². The van der Waals surface area contributed by atoms with Gasteiger partial charge in [0.1, 0.15) is 11.6 Å². The van der Waals surface area contributed by atoms with Crippen molar-refractivity contribution in [1.82, 2.24) is 4.98 Å². The fourth-order valence-electron chi connectivity index (χ4n) is 1.75. The summed E-state index contributed by atoms with van der Waals surface area (Å²) in [5.74, 6) is -0.224. The summed E-state index contributed by atoms with van der Waals surface area (Å²) in [4.78, 5) is 16.3. The topological polar surface area (TPSA) is 54.0 Å². The quantitative estimate of drug-likeness (QED) is 0.879. The van der Waals surface area contributed by atoms with Gasteiger partial charge in [0, 0.05) is 29.0 Å². The minimum absolute atomic E-state index is 0.227. The summed E-state index contributed by atoms with van der Waals surface area (Å²) in [6, 6.07) is 7.11. The summed E-state index contributed by atoms with van der Waals surface area (Å²) in [6.07, 6.45) is 2.51. The number of aromatic nitrogens is 1. The third kappa shape index (κ3) is 4.43. The first-order valence-electron chi connectivity index (χ1n) is 6.56. The SMILES string of the molecule is CCCNc1cc(C(=O)Nc2cc(F)cc(Cl)c2)ccn1. The van der Waals surface area contributed by atoms with E-state index in [4.69, 9.17) is 11.6 Å². The number of nitrogens with zero attached hydrogens (tertiary/aromatic N) is 1. The maximum absolute atomic E-state index is 13.2. The van der Waals surface area contributed by atoms with Crippen LogP contribution in [0.25, 0.3) is 0 Å². The van der Waals surface area contributed by atoms with Gasteiger partial charge >= 0.3 is 0 Å². The van der Waals surface area contributed by atoms with E-state index in [0.29, 0.717) is 17.1 Å². The molecule has 0 atom stereocenters. The van der Waals surface area contributed by atoms with Crippen LogP contribution in [-0.2, 0) is 0 Å². The molecule has 0 radical (unpaired) electrons. The van der Waals surface area contributed by atoms with Crippen molar-refractivity contribution in [3.8, 4) is 0 Å². The molecule has 110 valence electrons. The predicted molar refractivity (Wildman–Crippen MR) is 82.4 cm³/mol. The number of nitrogens with one attached hydrogen (secondary N) is 2. The summed E-state index contributed by atoms with van der Waals surface area (Å²) in [7, 11) is 0. The van der Waals surface area contributed by atoms with Gasteiger partial charge in [0.15, 0.2) is 0 Å². The maximum Gasteiger partial charge on any atom is 0.255 e. The lowest BCUT2D eigenvalue weighted by atomic mass is 10.2. The molecule has 0 spiro atoms. The van der Waals surface area contributed by atoms with Crippen LogP contribution in [0.1, 0.15) is 23.7 Å². The number of anilines is 2. The molecule has 1 aromatic carbocycles. The van der Waals surface area contributed by atoms with E-state index in [1.165, 1.54) is 18.2 Å². The third-order valence-corrected chi connectivity index (χ3v) is 2.92. The first-order chi connectivity index (χ1) is 10.1. The van der Waals surface area contributed by atoms with Crippen LogP contribution in [0, 0.1) is 5.82 Å². The van der Waals surface area contributed by atoms with Crippen molar-refractivity contribution in [3.05, 3.63) is 52.9 Å². The molecule has 0 fully saturated rings. The van der Waals surface area contributed by atoms with Gasteiger partial charge in [-0.3, -0.25) is 4.79 Å². The molecule has 6 heteroatoms. The van der Waals surface area contributed by atoms with E-state index in [9.17, 15) is 9.18 Å². The van der Waals surface area contributed by atoms with Crippen LogP contribution in [0.15, 0.2) is 36.5 Å². The summed E-state index contributed by atoms with van der Waals surface area (Å²) in [6.45, 7) is 2.81. The smallest absolute Gasteiger partial charge is 0.255 e. The van der Waals surface area contributed by atoms with Gasteiger partial charge in [-0.15, -0.1) is 0 Å². The Kier molecular flexibility index (Phi) is 5.11. The second kappa shape index (κ2) is 7.04. The normalized spacial score (nSPS) is 10.2. The average Bonchev–Trinajstić information content (AvgIpc) is 2.44. The second-order valence-electron chi connectivity index (χ2n) is 4.47. The van der Waals surface area contributed by atoms with E-state index in [1.807, 2.05) is 6.92 Å². The molecule has 2 N–H and O–H groups in total. The minimum atomic E-state index is -0.502. The van der Waals surface area contributed by atoms with Gasteiger partial charge in [-0.2, -0.15) is 0 Å². The molecule has 2 rings (SSSR count). The highest BCUT2D eigenvalue weighted by molar-refractivity contribution is 6.31. The summed E-state index contributed by atoms with van der Waals surface area (Å²) < 4.78 is 13.2. The van der Waals surface area contributed by atoms with Gasteiger partial charge in [-0.05, 0) is 36.8 Å². The number of rotatable bonds is 5. The number of halogens is 2. The first kappa shape index (κ1) is 15.3. The molecule has 1 aromatic heterocycles. The van der Waals surface area contributed by atoms with Crippen molar-refractivity contribution < 1.29 is 9.18 Å². The molecule has 1 heterocycles. The van der Waals surface area contributed by atoms with E-state index in [1.54, 1.807) is 18.3 Å². The van der Waals surface area contributed by atoms with Crippen molar-refractivity contribution >= 4 is 29.0 Å². The molecule has 0 bridgehead atoms. The summed E-state index contributed by atoms with van der Waals surface area (Å²) in [5, 5.41) is 5.93. The van der Waals surface area contributed by atoms with E-state index in [-0.39, 0.29) is 10.9 Å². The van der Waals surface area contributed by atoms with Crippen LogP contribution in [0.2, 0.25) is 5.02 Å². The van der Waals surface area contributed by atoms with Crippen molar-refractivity contribution in [2.45, 2.75) is 13.3 Å². The Morgan fingerprint density at radius 1 is 1.33 bits per heavy atom. The number of hydrogen-bond acceptors (Lipinski definition) is 3. The van der Waals surface area contributed by atoms with Crippen molar-refractivity contribution in [1.29, 1.82) is 0 Å². The molecule has 21 heavy (non-hydrogen) atoms. The number of carbonyl (C=O) groups excluding carboxylic acids is 1. The number of pyridine rings is 1. The Balaban J connectivity index is 2.12. The maximum atomic E-state index is 13.2. The molecule has 4 nitrogen and oxygen atoms in total. The zero-order chi connectivity index (χ0) is 15.2. The molecular formula is C15H15ClFN3O. The Hall–Kier alpha value is -2.14. The molecular weight excluding hydrogens is 293 g/mol. The lowest BCUT2D eigenvalue weighted by Crippen LogP contribution is -2.13. The van der Waals surface area contributed by atoms with Gasteiger partial charge in [-0.1, -0.05) is 18.5 Å². The van der Waals surface area contributed by atoms with Crippen LogP contribution in [0.4, 0.5) is 15.9 Å². The molecule has 2 aromatic rings. The summed E-state index contributed by atoms with van der Waals surface area (Å²) >= 11 is 5.75. The molecule has 0 aliphatic carbocycles. The standard InChI is InChI=1S/C15H15ClFN3O/c1-2-4-18-14-6-10(3-5-19-14)15(21)20-13-8-11(16)7-12(17)9-13/h3,5-9H,2,4H2,1H3,(H,18,19)(H,20,21). The number of carbonyl (C=O) groups is 1. The first-order valence-corrected chi connectivity index (χ1v) is 6.93. The van der Waals surface area contributed by atoms with Crippen molar-refractivity contribution in [3.63, 3.8) is 0 Å². The highest BCUT2D eigenvalue weighted by Crippen LogP contribution is 2.19. The molecule has 1 amide bonds. The summed E-state index contributed by atoms with van der Waals surface area (Å²) in [5.41, 5.74) is 0.744. The lowest BCUT2D eigenvalue weighted by molar-refractivity contribution is 0.102. The largest absolute Gasteiger partial charge is 0.370 e. The zero-order valence-electron chi connectivity index (χ0n) is 11.5. The van der Waals surface area contributed by atoms with Gasteiger partial charge in [0.05, 0.1) is 0 Å². The molecule has 0 aliphatic rings. The predicted octanol–water partition coefficient (Wildman–Crippen LogP) is 3.95. The second-order valence-corrected chi connectivity index (χ2v) is 4.91. The van der Waals surface area contributed by atoms with Gasteiger partial charge in [0.2, 0.25) is 0 Å². The highest BCUT2D eigenvalue weighted by Gasteiger charge is 2.08. The van der Waals surface area contributed by atoms with Crippen LogP contribution < -0.4 is 10.6 Å². The number of amides is 1. The average molecular weight is 308 g/mol. The molecule has 0 saturated carbocycles. The Labute approximate surface area is 127 Å². The monoisotopic (exact) mass is 307 g/mol. The van der Waals surface area contributed by atoms with E-state index < -0.39 is 5.82 Å². The Morgan fingerprint density at radius 3 is 2.86 bits per heavy atom.